The van der Waals surface area contributed by atoms with Crippen molar-refractivity contribution in [2.75, 3.05) is 0 Å². The Kier molecular flexibility index (Phi) is 6.55. The van der Waals surface area contributed by atoms with Crippen LogP contribution in [0, 0.1) is 0 Å². The van der Waals surface area contributed by atoms with E-state index in [1.165, 1.54) is 24.3 Å². The number of carbonyl (C=O) groups excluding carboxylic acids is 4. The van der Waals surface area contributed by atoms with Crippen LogP contribution >= 0.6 is 11.9 Å². The highest BCUT2D eigenvalue weighted by molar-refractivity contribution is 8.00. The second-order valence-corrected chi connectivity index (χ2v) is 4.04. The molecule has 3 aliphatic rings. The van der Waals surface area contributed by atoms with Gasteiger partial charge >= 0.3 is 0 Å². The number of hydrogen-bond acceptors (Lipinski definition) is 6. The molecule has 0 aromatic carbocycles. The first kappa shape index (κ1) is 15.4. The lowest BCUT2D eigenvalue weighted by atomic mass is 10.6. The van der Waals surface area contributed by atoms with Crippen molar-refractivity contribution in [3.8, 4) is 0 Å². The summed E-state index contributed by atoms with van der Waals surface area (Å²) in [5, 5.41) is 6.04. The summed E-state index contributed by atoms with van der Waals surface area (Å²) in [5.74, 6) is -1.31. The quantitative estimate of drug-likeness (QED) is 0.417. The summed E-state index contributed by atoms with van der Waals surface area (Å²) < 4.78 is 2.93. The van der Waals surface area contributed by atoms with E-state index < -0.39 is 0 Å². The van der Waals surface area contributed by atoms with Gasteiger partial charge in [-0.3, -0.25) is 29.8 Å². The summed E-state index contributed by atoms with van der Waals surface area (Å²) in [6.45, 7) is 0. The first-order chi connectivity index (χ1) is 9.58. The van der Waals surface area contributed by atoms with Gasteiger partial charge in [-0.05, 0) is 23.4 Å². The van der Waals surface area contributed by atoms with E-state index in [2.05, 4.69) is 4.72 Å². The maximum absolute atomic E-state index is 10.0. The van der Waals surface area contributed by atoms with Crippen molar-refractivity contribution in [1.29, 1.82) is 0 Å². The van der Waals surface area contributed by atoms with Gasteiger partial charge in [-0.1, -0.05) is 6.08 Å². The highest BCUT2D eigenvalue weighted by Gasteiger charge is 2.07. The van der Waals surface area contributed by atoms with Crippen molar-refractivity contribution in [1.82, 2.24) is 15.4 Å². The van der Waals surface area contributed by atoms with Crippen LogP contribution in [0.1, 0.15) is 0 Å². The minimum absolute atomic E-state index is 0.329. The Morgan fingerprint density at radius 2 is 1.15 bits per heavy atom. The van der Waals surface area contributed by atoms with Crippen LogP contribution in [0.15, 0.2) is 48.1 Å². The van der Waals surface area contributed by atoms with Crippen LogP contribution in [0.25, 0.3) is 0 Å². The van der Waals surface area contributed by atoms with E-state index in [0.29, 0.717) is 0 Å². The lowest BCUT2D eigenvalue weighted by molar-refractivity contribution is -0.125. The number of amides is 4. The number of hydrogen-bond donors (Lipinski definition) is 3. The molecule has 4 amide bonds. The van der Waals surface area contributed by atoms with E-state index in [-0.39, 0.29) is 23.6 Å². The second kappa shape index (κ2) is 8.48. The molecule has 0 aromatic rings. The molecule has 3 N–H and O–H groups in total. The van der Waals surface area contributed by atoms with E-state index in [9.17, 15) is 19.2 Å². The predicted molar refractivity (Wildman–Crippen MR) is 73.6 cm³/mol. The molecular formula is C12H11N3O4S. The molecule has 20 heavy (non-hydrogen) atoms. The third-order valence-corrected chi connectivity index (χ3v) is 2.32. The van der Waals surface area contributed by atoms with Crippen LogP contribution in [-0.2, 0) is 19.2 Å². The first-order valence-electron chi connectivity index (χ1n) is 5.37. The number of carbonyl (C=O) groups is 4. The lowest BCUT2D eigenvalue weighted by Crippen LogP contribution is -2.19. The Morgan fingerprint density at radius 3 is 1.25 bits per heavy atom. The average molecular weight is 293 g/mol. The van der Waals surface area contributed by atoms with Gasteiger partial charge in [0.2, 0.25) is 0 Å². The number of imide groups is 2. The lowest BCUT2D eigenvalue weighted by Gasteiger charge is -1.93. The van der Waals surface area contributed by atoms with Gasteiger partial charge in [0.05, 0.1) is 0 Å². The molecule has 0 aromatic heterocycles. The van der Waals surface area contributed by atoms with Crippen molar-refractivity contribution >= 4 is 35.6 Å². The van der Waals surface area contributed by atoms with Gasteiger partial charge in [0, 0.05) is 30.5 Å². The minimum atomic E-state index is -0.329. The number of rotatable bonds is 0. The molecule has 104 valence electrons. The largest absolute Gasteiger partial charge is 0.333 e. The molecular weight excluding hydrogens is 282 g/mol. The predicted octanol–water partition coefficient (Wildman–Crippen LogP) is -0.337. The molecule has 8 heteroatoms. The van der Waals surface area contributed by atoms with Gasteiger partial charge in [0.25, 0.3) is 23.6 Å². The molecule has 0 aliphatic carbocycles. The SMILES string of the molecule is C1=CNSC=C1.O=C1C=CC(=O)N1.O=C1C=CC(=O)N1. The molecule has 7 nitrogen and oxygen atoms in total. The Labute approximate surface area is 119 Å². The second-order valence-electron chi connectivity index (χ2n) is 3.30. The van der Waals surface area contributed by atoms with Crippen LogP contribution in [0.4, 0.5) is 0 Å². The van der Waals surface area contributed by atoms with Crippen molar-refractivity contribution in [3.05, 3.63) is 48.1 Å². The van der Waals surface area contributed by atoms with E-state index in [0.717, 1.165) is 0 Å². The maximum atomic E-state index is 10.0. The number of allylic oxidation sites excluding steroid dienone is 2. The van der Waals surface area contributed by atoms with E-state index in [4.69, 9.17) is 0 Å². The maximum Gasteiger partial charge on any atom is 0.250 e. The molecule has 0 bridgehead atoms. The Balaban J connectivity index is 0.000000151. The first-order valence-corrected chi connectivity index (χ1v) is 6.25. The van der Waals surface area contributed by atoms with Gasteiger partial charge < -0.3 is 4.72 Å². The molecule has 0 unspecified atom stereocenters. The van der Waals surface area contributed by atoms with Crippen molar-refractivity contribution in [2.24, 2.45) is 0 Å². The molecule has 3 rings (SSSR count). The number of nitrogens with one attached hydrogen (secondary N) is 3. The summed E-state index contributed by atoms with van der Waals surface area (Å²) >= 11 is 1.58. The van der Waals surface area contributed by atoms with E-state index in [1.54, 1.807) is 11.9 Å². The summed E-state index contributed by atoms with van der Waals surface area (Å²) in [4.78, 5) is 40.1. The van der Waals surface area contributed by atoms with E-state index in [1.807, 2.05) is 34.4 Å². The summed E-state index contributed by atoms with van der Waals surface area (Å²) in [5.41, 5.74) is 0. The molecule has 0 radical (unpaired) electrons. The highest BCUT2D eigenvalue weighted by atomic mass is 32.2. The fourth-order valence-electron chi connectivity index (χ4n) is 0.970. The van der Waals surface area contributed by atoms with Gasteiger partial charge in [-0.25, -0.2) is 0 Å². The van der Waals surface area contributed by atoms with Crippen LogP contribution in [-0.4, -0.2) is 23.6 Å². The summed E-state index contributed by atoms with van der Waals surface area (Å²) in [7, 11) is 0. The molecule has 0 saturated carbocycles. The molecule has 0 spiro atoms. The van der Waals surface area contributed by atoms with Crippen LogP contribution in [0.5, 0.6) is 0 Å². The third-order valence-electron chi connectivity index (χ3n) is 1.75. The molecule has 0 fully saturated rings. The standard InChI is InChI=1S/2C4H3NO2.C4H5NS/c2*6-3-1-2-4(7)5-3;1-2-4-6-5-3-1/h2*1-2H,(H,5,6,7);1-5H. The summed E-state index contributed by atoms with van der Waals surface area (Å²) in [6.07, 6.45) is 10.6. The Bertz CT molecular complexity index is 455. The zero-order valence-corrected chi connectivity index (χ0v) is 11.0. The van der Waals surface area contributed by atoms with Gasteiger partial charge in [-0.15, -0.1) is 0 Å². The zero-order valence-electron chi connectivity index (χ0n) is 10.2. The van der Waals surface area contributed by atoms with Gasteiger partial charge in [0.15, 0.2) is 0 Å². The topological polar surface area (TPSA) is 104 Å². The van der Waals surface area contributed by atoms with E-state index >= 15 is 0 Å². The third kappa shape index (κ3) is 6.97. The zero-order chi connectivity index (χ0) is 14.8. The van der Waals surface area contributed by atoms with Crippen molar-refractivity contribution < 1.29 is 19.2 Å². The minimum Gasteiger partial charge on any atom is -0.333 e. The molecule has 0 saturated heterocycles. The van der Waals surface area contributed by atoms with Crippen molar-refractivity contribution in [3.63, 3.8) is 0 Å². The monoisotopic (exact) mass is 293 g/mol. The molecule has 3 heterocycles. The Hall–Kier alpha value is -2.61. The normalized spacial score (nSPS) is 17.6. The van der Waals surface area contributed by atoms with Crippen molar-refractivity contribution in [2.45, 2.75) is 0 Å². The fraction of sp³-hybridized carbons (Fsp3) is 0. The summed E-state index contributed by atoms with van der Waals surface area (Å²) in [6, 6.07) is 0. The molecule has 0 atom stereocenters. The van der Waals surface area contributed by atoms with Crippen LogP contribution in [0.2, 0.25) is 0 Å². The van der Waals surface area contributed by atoms with Gasteiger partial charge in [0.1, 0.15) is 0 Å². The average Bonchev–Trinajstić information content (AvgIpc) is 3.01. The molecule has 3 aliphatic heterocycles. The smallest absolute Gasteiger partial charge is 0.250 e. The fourth-order valence-corrected chi connectivity index (χ4v) is 1.38. The van der Waals surface area contributed by atoms with Crippen LogP contribution < -0.4 is 15.4 Å². The van der Waals surface area contributed by atoms with Crippen LogP contribution in [0.3, 0.4) is 0 Å². The van der Waals surface area contributed by atoms with Gasteiger partial charge in [-0.2, -0.15) is 0 Å². The highest BCUT2D eigenvalue weighted by Crippen LogP contribution is 1.98. The Morgan fingerprint density at radius 1 is 0.700 bits per heavy atom.